The van der Waals surface area contributed by atoms with Crippen LogP contribution in [0.4, 0.5) is 0 Å². The van der Waals surface area contributed by atoms with Crippen molar-refractivity contribution < 1.29 is 9.59 Å². The van der Waals surface area contributed by atoms with Crippen LogP contribution in [0.25, 0.3) is 0 Å². The molecule has 6 rings (SSSR count). The van der Waals surface area contributed by atoms with Crippen LogP contribution in [-0.2, 0) is 22.4 Å². The number of nitrogens with one attached hydrogen (secondary N) is 3. The maximum atomic E-state index is 13.3. The molecule has 0 saturated heterocycles. The number of benzene rings is 3. The van der Waals surface area contributed by atoms with Crippen molar-refractivity contribution in [1.82, 2.24) is 16.0 Å². The Hall–Kier alpha value is -4.12. The highest BCUT2D eigenvalue weighted by molar-refractivity contribution is 6.07. The smallest absolute Gasteiger partial charge is 0.250 e. The Kier molecular flexibility index (Phi) is 5.02. The maximum absolute atomic E-state index is 13.3. The molecule has 2 atom stereocenters. The Labute approximate surface area is 198 Å². The molecule has 0 fully saturated rings. The Morgan fingerprint density at radius 1 is 0.559 bits per heavy atom. The molecule has 3 aliphatic heterocycles. The van der Waals surface area contributed by atoms with E-state index in [1.165, 1.54) is 0 Å². The van der Waals surface area contributed by atoms with Gasteiger partial charge in [0, 0.05) is 17.3 Å². The van der Waals surface area contributed by atoms with E-state index in [1.54, 1.807) is 0 Å². The van der Waals surface area contributed by atoms with Gasteiger partial charge in [0.05, 0.1) is 23.2 Å². The molecule has 0 aliphatic carbocycles. The molecule has 0 aromatic heterocycles. The monoisotopic (exact) mass is 447 g/mol. The SMILES string of the molecule is O=C1N[C@@H](Cc2ccccc2)C2=C1C(c1ccccc1)C1=C(N2)[C@H](Cc2ccccc2)NC1=O. The van der Waals surface area contributed by atoms with E-state index in [9.17, 15) is 9.59 Å². The zero-order valence-electron chi connectivity index (χ0n) is 18.6. The van der Waals surface area contributed by atoms with Crippen LogP contribution in [0.15, 0.2) is 114 Å². The van der Waals surface area contributed by atoms with E-state index in [2.05, 4.69) is 40.2 Å². The second kappa shape index (κ2) is 8.34. The lowest BCUT2D eigenvalue weighted by molar-refractivity contribution is -0.117. The number of carbonyl (C=O) groups excluding carboxylic acids is 2. The quantitative estimate of drug-likeness (QED) is 0.562. The van der Waals surface area contributed by atoms with Crippen LogP contribution < -0.4 is 16.0 Å². The molecule has 0 radical (unpaired) electrons. The fourth-order valence-electron chi connectivity index (χ4n) is 5.39. The second-order valence-electron chi connectivity index (χ2n) is 9.05. The lowest BCUT2D eigenvalue weighted by atomic mass is 9.79. The summed E-state index contributed by atoms with van der Waals surface area (Å²) < 4.78 is 0. The van der Waals surface area contributed by atoms with Gasteiger partial charge in [-0.25, -0.2) is 0 Å². The van der Waals surface area contributed by atoms with E-state index in [0.717, 1.165) is 28.1 Å². The van der Waals surface area contributed by atoms with Gasteiger partial charge >= 0.3 is 0 Å². The van der Waals surface area contributed by atoms with Crippen molar-refractivity contribution in [3.05, 3.63) is 130 Å². The normalized spacial score (nSPS) is 21.6. The average molecular weight is 448 g/mol. The molecule has 0 spiro atoms. The highest BCUT2D eigenvalue weighted by atomic mass is 16.2. The highest BCUT2D eigenvalue weighted by Crippen LogP contribution is 2.44. The van der Waals surface area contributed by atoms with Crippen molar-refractivity contribution in [2.75, 3.05) is 0 Å². The lowest BCUT2D eigenvalue weighted by Crippen LogP contribution is -2.38. The Morgan fingerprint density at radius 3 is 1.41 bits per heavy atom. The Balaban J connectivity index is 1.43. The van der Waals surface area contributed by atoms with Gasteiger partial charge in [0.25, 0.3) is 11.8 Å². The maximum Gasteiger partial charge on any atom is 0.250 e. The van der Waals surface area contributed by atoms with E-state index in [0.29, 0.717) is 24.0 Å². The third-order valence-electron chi connectivity index (χ3n) is 6.92. The van der Waals surface area contributed by atoms with E-state index in [-0.39, 0.29) is 23.9 Å². The van der Waals surface area contributed by atoms with Gasteiger partial charge in [0.15, 0.2) is 0 Å². The van der Waals surface area contributed by atoms with Crippen LogP contribution in [-0.4, -0.2) is 23.9 Å². The summed E-state index contributed by atoms with van der Waals surface area (Å²) in [6, 6.07) is 29.9. The van der Waals surface area contributed by atoms with E-state index in [1.807, 2.05) is 66.7 Å². The minimum absolute atomic E-state index is 0.108. The molecule has 3 aromatic rings. The molecule has 5 nitrogen and oxygen atoms in total. The first kappa shape index (κ1) is 20.5. The molecule has 2 amide bonds. The average Bonchev–Trinajstić information content (AvgIpc) is 3.35. The molecule has 3 aliphatic rings. The highest BCUT2D eigenvalue weighted by Gasteiger charge is 2.48. The predicted octanol–water partition coefficient (Wildman–Crippen LogP) is 3.36. The Morgan fingerprint density at radius 2 is 0.971 bits per heavy atom. The fraction of sp³-hybridized carbons (Fsp3) is 0.172. The van der Waals surface area contributed by atoms with Crippen LogP contribution in [0.2, 0.25) is 0 Å². The van der Waals surface area contributed by atoms with Gasteiger partial charge in [-0.3, -0.25) is 9.59 Å². The zero-order chi connectivity index (χ0) is 23.1. The van der Waals surface area contributed by atoms with Crippen LogP contribution in [0.3, 0.4) is 0 Å². The molecular formula is C29H25N3O2. The fourth-order valence-corrected chi connectivity index (χ4v) is 5.39. The summed E-state index contributed by atoms with van der Waals surface area (Å²) in [6.07, 6.45) is 1.38. The second-order valence-corrected chi connectivity index (χ2v) is 9.05. The van der Waals surface area contributed by atoms with Gasteiger partial charge in [-0.2, -0.15) is 0 Å². The first-order valence-electron chi connectivity index (χ1n) is 11.7. The largest absolute Gasteiger partial charge is 0.358 e. The molecule has 5 heteroatoms. The summed E-state index contributed by atoms with van der Waals surface area (Å²) in [5.74, 6) is -0.611. The summed E-state index contributed by atoms with van der Waals surface area (Å²) in [7, 11) is 0. The van der Waals surface area contributed by atoms with Crippen molar-refractivity contribution in [2.45, 2.75) is 30.8 Å². The molecule has 0 saturated carbocycles. The van der Waals surface area contributed by atoms with Crippen LogP contribution in [0.5, 0.6) is 0 Å². The number of dihydropyridines is 1. The summed E-state index contributed by atoms with van der Waals surface area (Å²) >= 11 is 0. The lowest BCUT2D eigenvalue weighted by Gasteiger charge is -2.29. The summed E-state index contributed by atoms with van der Waals surface area (Å²) in [5, 5.41) is 9.93. The van der Waals surface area contributed by atoms with Crippen molar-refractivity contribution in [2.24, 2.45) is 0 Å². The molecule has 3 aromatic carbocycles. The number of hydrogen-bond acceptors (Lipinski definition) is 3. The number of carbonyl (C=O) groups is 2. The molecule has 168 valence electrons. The predicted molar refractivity (Wildman–Crippen MR) is 131 cm³/mol. The molecule has 3 N–H and O–H groups in total. The van der Waals surface area contributed by atoms with Crippen LogP contribution in [0.1, 0.15) is 22.6 Å². The van der Waals surface area contributed by atoms with E-state index < -0.39 is 5.92 Å². The summed E-state index contributed by atoms with van der Waals surface area (Å²) in [6.45, 7) is 0. The van der Waals surface area contributed by atoms with E-state index >= 15 is 0 Å². The standard InChI is InChI=1S/C29H25N3O2/c33-28-24-23(20-14-8-3-9-15-20)25-27(22(31-29(25)34)17-19-12-6-2-7-13-19)32-26(24)21(30-28)16-18-10-4-1-5-11-18/h1-15,21-23,32H,16-17H2,(H,30,33)(H,31,34)/t21-,22-/m0/s1. The van der Waals surface area contributed by atoms with Crippen LogP contribution >= 0.6 is 0 Å². The molecule has 3 heterocycles. The first-order valence-corrected chi connectivity index (χ1v) is 11.7. The molecule has 34 heavy (non-hydrogen) atoms. The van der Waals surface area contributed by atoms with Crippen molar-refractivity contribution in [1.29, 1.82) is 0 Å². The number of hydrogen-bond donors (Lipinski definition) is 3. The zero-order valence-corrected chi connectivity index (χ0v) is 18.6. The Bertz CT molecular complexity index is 1230. The minimum atomic E-state index is -0.394. The first-order chi connectivity index (χ1) is 16.7. The summed E-state index contributed by atoms with van der Waals surface area (Å²) in [4.78, 5) is 26.6. The van der Waals surface area contributed by atoms with Crippen molar-refractivity contribution in [3.63, 3.8) is 0 Å². The third kappa shape index (κ3) is 3.50. The molecule has 0 unspecified atom stereocenters. The van der Waals surface area contributed by atoms with Crippen molar-refractivity contribution >= 4 is 11.8 Å². The number of rotatable bonds is 5. The van der Waals surface area contributed by atoms with Gasteiger partial charge < -0.3 is 16.0 Å². The topological polar surface area (TPSA) is 70.2 Å². The van der Waals surface area contributed by atoms with E-state index in [4.69, 9.17) is 0 Å². The van der Waals surface area contributed by atoms with Gasteiger partial charge in [0.2, 0.25) is 0 Å². The van der Waals surface area contributed by atoms with Gasteiger partial charge in [0.1, 0.15) is 0 Å². The molecule has 0 bridgehead atoms. The van der Waals surface area contributed by atoms with Gasteiger partial charge in [-0.05, 0) is 29.5 Å². The van der Waals surface area contributed by atoms with Crippen molar-refractivity contribution in [3.8, 4) is 0 Å². The molecular weight excluding hydrogens is 422 g/mol. The van der Waals surface area contributed by atoms with Crippen LogP contribution in [0, 0.1) is 0 Å². The minimum Gasteiger partial charge on any atom is -0.358 e. The number of amides is 2. The summed E-state index contributed by atoms with van der Waals surface area (Å²) in [5.41, 5.74) is 6.34. The van der Waals surface area contributed by atoms with Gasteiger partial charge in [-0.1, -0.05) is 91.0 Å². The third-order valence-corrected chi connectivity index (χ3v) is 6.92. The van der Waals surface area contributed by atoms with Gasteiger partial charge in [-0.15, -0.1) is 0 Å².